The summed E-state index contributed by atoms with van der Waals surface area (Å²) in [6.45, 7) is 0.816. The van der Waals surface area contributed by atoms with Gasteiger partial charge in [0.2, 0.25) is 5.88 Å². The Hall–Kier alpha value is -1.03. The lowest BCUT2D eigenvalue weighted by Crippen LogP contribution is -2.46. The smallest absolute Gasteiger partial charge is 0.212 e. The van der Waals surface area contributed by atoms with Crippen LogP contribution in [0.5, 0.6) is 5.88 Å². The Kier molecular flexibility index (Phi) is 3.02. The number of rotatable bonds is 4. The number of hydrogen-bond acceptors (Lipinski definition) is 3. The highest BCUT2D eigenvalue weighted by Crippen LogP contribution is 2.58. The molecule has 4 bridgehead atoms. The molecule has 20 heavy (non-hydrogen) atoms. The van der Waals surface area contributed by atoms with Crippen LogP contribution >= 0.6 is 0 Å². The minimum atomic E-state index is 0.586. The van der Waals surface area contributed by atoms with Crippen molar-refractivity contribution in [3.05, 3.63) is 11.8 Å². The molecule has 0 saturated heterocycles. The van der Waals surface area contributed by atoms with E-state index >= 15 is 0 Å². The molecule has 0 aromatic carbocycles. The SMILES string of the molecule is CNCc1cc(OC)n(C2C3CC4CC(C3)CC2C4)n1. The zero-order valence-electron chi connectivity index (χ0n) is 12.5. The molecule has 1 aromatic heterocycles. The van der Waals surface area contributed by atoms with Crippen molar-refractivity contribution in [1.82, 2.24) is 15.1 Å². The zero-order chi connectivity index (χ0) is 13.7. The third-order valence-electron chi connectivity index (χ3n) is 5.78. The van der Waals surface area contributed by atoms with Gasteiger partial charge in [0.05, 0.1) is 18.8 Å². The Morgan fingerprint density at radius 3 is 2.40 bits per heavy atom. The first kappa shape index (κ1) is 12.7. The van der Waals surface area contributed by atoms with Crippen molar-refractivity contribution in [1.29, 1.82) is 0 Å². The molecule has 4 nitrogen and oxygen atoms in total. The number of hydrogen-bond donors (Lipinski definition) is 1. The van der Waals surface area contributed by atoms with Gasteiger partial charge in [0.1, 0.15) is 0 Å². The number of nitrogens with one attached hydrogen (secondary N) is 1. The molecule has 5 rings (SSSR count). The van der Waals surface area contributed by atoms with Gasteiger partial charge < -0.3 is 10.1 Å². The predicted molar refractivity (Wildman–Crippen MR) is 77.6 cm³/mol. The fourth-order valence-corrected chi connectivity index (χ4v) is 5.35. The summed E-state index contributed by atoms with van der Waals surface area (Å²) in [6, 6.07) is 2.69. The molecule has 0 unspecified atom stereocenters. The molecule has 4 aliphatic carbocycles. The maximum atomic E-state index is 5.60. The fraction of sp³-hybridized carbons (Fsp3) is 0.812. The van der Waals surface area contributed by atoms with E-state index in [1.165, 1.54) is 32.1 Å². The lowest BCUT2D eigenvalue weighted by Gasteiger charge is -2.54. The van der Waals surface area contributed by atoms with Crippen molar-refractivity contribution in [2.24, 2.45) is 23.7 Å². The maximum Gasteiger partial charge on any atom is 0.212 e. The second-order valence-electron chi connectivity index (χ2n) is 7.07. The van der Waals surface area contributed by atoms with E-state index in [9.17, 15) is 0 Å². The Labute approximate surface area is 120 Å². The Morgan fingerprint density at radius 2 is 1.85 bits per heavy atom. The van der Waals surface area contributed by atoms with Gasteiger partial charge in [-0.2, -0.15) is 5.10 Å². The van der Waals surface area contributed by atoms with Crippen LogP contribution in [0.4, 0.5) is 0 Å². The molecule has 4 fully saturated rings. The normalized spacial score (nSPS) is 38.4. The van der Waals surface area contributed by atoms with Crippen LogP contribution in [0.3, 0.4) is 0 Å². The van der Waals surface area contributed by atoms with Gasteiger partial charge >= 0.3 is 0 Å². The maximum absolute atomic E-state index is 5.60. The third-order valence-corrected chi connectivity index (χ3v) is 5.78. The molecule has 1 N–H and O–H groups in total. The van der Waals surface area contributed by atoms with Gasteiger partial charge in [-0.05, 0) is 62.8 Å². The van der Waals surface area contributed by atoms with Gasteiger partial charge in [-0.3, -0.25) is 0 Å². The standard InChI is InChI=1S/C16H25N3O/c1-17-9-14-8-15(20-2)19(18-14)16-12-4-10-3-11(6-12)7-13(16)5-10/h8,10-13,16-17H,3-7,9H2,1-2H3. The van der Waals surface area contributed by atoms with Crippen molar-refractivity contribution < 1.29 is 4.74 Å². The van der Waals surface area contributed by atoms with Crippen LogP contribution in [0.15, 0.2) is 6.07 Å². The van der Waals surface area contributed by atoms with Crippen LogP contribution in [0.1, 0.15) is 43.8 Å². The number of nitrogens with zero attached hydrogens (tertiary/aromatic N) is 2. The van der Waals surface area contributed by atoms with Gasteiger partial charge in [0.25, 0.3) is 0 Å². The second kappa shape index (κ2) is 4.76. The van der Waals surface area contributed by atoms with Gasteiger partial charge in [-0.15, -0.1) is 0 Å². The minimum Gasteiger partial charge on any atom is -0.481 e. The molecule has 110 valence electrons. The van der Waals surface area contributed by atoms with Crippen LogP contribution < -0.4 is 10.1 Å². The quantitative estimate of drug-likeness (QED) is 0.918. The van der Waals surface area contributed by atoms with Crippen molar-refractivity contribution >= 4 is 0 Å². The largest absolute Gasteiger partial charge is 0.481 e. The number of aromatic nitrogens is 2. The molecule has 4 aliphatic rings. The van der Waals surface area contributed by atoms with Crippen LogP contribution in [-0.4, -0.2) is 23.9 Å². The summed E-state index contributed by atoms with van der Waals surface area (Å²) in [5.74, 6) is 4.64. The van der Waals surface area contributed by atoms with E-state index in [1.54, 1.807) is 7.11 Å². The molecule has 4 heteroatoms. The molecular formula is C16H25N3O. The van der Waals surface area contributed by atoms with Crippen LogP contribution in [0, 0.1) is 23.7 Å². The first-order valence-electron chi connectivity index (χ1n) is 8.05. The molecular weight excluding hydrogens is 250 g/mol. The molecule has 0 spiro atoms. The predicted octanol–water partition coefficient (Wildman–Crippen LogP) is 2.61. The summed E-state index contributed by atoms with van der Waals surface area (Å²) in [7, 11) is 3.74. The van der Waals surface area contributed by atoms with E-state index < -0.39 is 0 Å². The highest BCUT2D eigenvalue weighted by molar-refractivity contribution is 5.18. The van der Waals surface area contributed by atoms with E-state index in [4.69, 9.17) is 9.84 Å². The average Bonchev–Trinajstić information content (AvgIpc) is 2.81. The molecule has 1 aromatic rings. The second-order valence-corrected chi connectivity index (χ2v) is 7.07. The van der Waals surface area contributed by atoms with Crippen LogP contribution in [0.25, 0.3) is 0 Å². The van der Waals surface area contributed by atoms with E-state index in [1.807, 2.05) is 7.05 Å². The van der Waals surface area contributed by atoms with Crippen LogP contribution in [-0.2, 0) is 6.54 Å². The van der Waals surface area contributed by atoms with Crippen molar-refractivity contribution in [2.45, 2.75) is 44.7 Å². The summed E-state index contributed by atoms with van der Waals surface area (Å²) < 4.78 is 7.82. The monoisotopic (exact) mass is 275 g/mol. The molecule has 1 heterocycles. The number of methoxy groups -OCH3 is 1. The van der Waals surface area contributed by atoms with E-state index in [0.29, 0.717) is 6.04 Å². The lowest BCUT2D eigenvalue weighted by molar-refractivity contribution is -0.0361. The summed E-state index contributed by atoms with van der Waals surface area (Å²) in [4.78, 5) is 0. The molecule has 0 atom stereocenters. The average molecular weight is 275 g/mol. The lowest BCUT2D eigenvalue weighted by atomic mass is 9.54. The molecule has 4 saturated carbocycles. The Balaban J connectivity index is 1.66. The summed E-state index contributed by atoms with van der Waals surface area (Å²) in [5.41, 5.74) is 1.10. The van der Waals surface area contributed by atoms with Crippen LogP contribution in [0.2, 0.25) is 0 Å². The zero-order valence-corrected chi connectivity index (χ0v) is 12.5. The first-order chi connectivity index (χ1) is 9.78. The highest BCUT2D eigenvalue weighted by Gasteiger charge is 2.49. The summed E-state index contributed by atoms with van der Waals surface area (Å²) in [6.07, 6.45) is 7.18. The Bertz CT molecular complexity index is 468. The molecule has 0 radical (unpaired) electrons. The highest BCUT2D eigenvalue weighted by atomic mass is 16.5. The summed E-state index contributed by atoms with van der Waals surface area (Å²) >= 11 is 0. The fourth-order valence-electron chi connectivity index (χ4n) is 5.35. The van der Waals surface area contributed by atoms with Crippen molar-refractivity contribution in [2.75, 3.05) is 14.2 Å². The topological polar surface area (TPSA) is 39.1 Å². The number of ether oxygens (including phenoxy) is 1. The minimum absolute atomic E-state index is 0.586. The van der Waals surface area contributed by atoms with Gasteiger partial charge in [-0.1, -0.05) is 0 Å². The van der Waals surface area contributed by atoms with E-state index in [0.717, 1.165) is 41.8 Å². The first-order valence-corrected chi connectivity index (χ1v) is 8.05. The van der Waals surface area contributed by atoms with Gasteiger partial charge in [0, 0.05) is 12.6 Å². The third kappa shape index (κ3) is 1.88. The van der Waals surface area contributed by atoms with Gasteiger partial charge in [0.15, 0.2) is 0 Å². The van der Waals surface area contributed by atoms with E-state index in [-0.39, 0.29) is 0 Å². The molecule has 0 amide bonds. The van der Waals surface area contributed by atoms with Crippen molar-refractivity contribution in [3.63, 3.8) is 0 Å². The van der Waals surface area contributed by atoms with Crippen molar-refractivity contribution in [3.8, 4) is 5.88 Å². The van der Waals surface area contributed by atoms with Gasteiger partial charge in [-0.25, -0.2) is 4.68 Å². The molecule has 0 aliphatic heterocycles. The summed E-state index contributed by atoms with van der Waals surface area (Å²) in [5, 5.41) is 8.03. The van der Waals surface area contributed by atoms with E-state index in [2.05, 4.69) is 16.1 Å². The Morgan fingerprint density at radius 1 is 1.20 bits per heavy atom.